The fraction of sp³-hybridized carbons (Fsp3) is 0.355. The van der Waals surface area contributed by atoms with Crippen molar-refractivity contribution in [1.29, 1.82) is 0 Å². The third-order valence-corrected chi connectivity index (χ3v) is 10.4. The van der Waals surface area contributed by atoms with Crippen molar-refractivity contribution < 1.29 is 18.0 Å². The summed E-state index contributed by atoms with van der Waals surface area (Å²) >= 11 is 18.9. The molecular formula is C31H34Cl3N3O4S. The average Bonchev–Trinajstić information content (AvgIpc) is 3.46. The molecule has 1 atom stereocenters. The first-order valence-corrected chi connectivity index (χ1v) is 16.3. The maximum atomic E-state index is 14.2. The molecular weight excluding hydrogens is 617 g/mol. The fourth-order valence-corrected chi connectivity index (χ4v) is 7.13. The lowest BCUT2D eigenvalue weighted by molar-refractivity contribution is -0.139. The van der Waals surface area contributed by atoms with Crippen LogP contribution >= 0.6 is 34.8 Å². The van der Waals surface area contributed by atoms with E-state index in [2.05, 4.69) is 5.32 Å². The Morgan fingerprint density at radius 2 is 1.62 bits per heavy atom. The van der Waals surface area contributed by atoms with E-state index < -0.39 is 28.5 Å². The molecule has 0 radical (unpaired) electrons. The monoisotopic (exact) mass is 649 g/mol. The highest BCUT2D eigenvalue weighted by Crippen LogP contribution is 2.32. The summed E-state index contributed by atoms with van der Waals surface area (Å²) in [5, 5.41) is 4.17. The number of sulfonamides is 1. The molecule has 1 N–H and O–H groups in total. The first kappa shape index (κ1) is 32.1. The zero-order valence-corrected chi connectivity index (χ0v) is 26.8. The second-order valence-corrected chi connectivity index (χ2v) is 13.7. The van der Waals surface area contributed by atoms with Crippen molar-refractivity contribution in [3.63, 3.8) is 0 Å². The van der Waals surface area contributed by atoms with Crippen LogP contribution in [0.5, 0.6) is 0 Å². The van der Waals surface area contributed by atoms with Gasteiger partial charge in [-0.05, 0) is 81.1 Å². The van der Waals surface area contributed by atoms with Gasteiger partial charge >= 0.3 is 0 Å². The molecule has 11 heteroatoms. The standard InChI is InChI=1S/C31H34Cl3N3O4S/c1-20-11-15-26(16-12-20)42(40,41)37(29-10-6-9-27(33)21(29)2)19-30(38)36(18-23-13-14-24(32)17-28(23)34)22(3)31(39)35-25-7-4-5-8-25/h6,9-17,22,25H,4-5,7-8,18-19H2,1-3H3,(H,35,39)/t22-/m0/s1. The lowest BCUT2D eigenvalue weighted by Crippen LogP contribution is -2.52. The first-order valence-electron chi connectivity index (χ1n) is 13.8. The molecule has 1 aliphatic carbocycles. The molecule has 0 spiro atoms. The van der Waals surface area contributed by atoms with Gasteiger partial charge < -0.3 is 10.2 Å². The average molecular weight is 651 g/mol. The zero-order chi connectivity index (χ0) is 30.6. The van der Waals surface area contributed by atoms with E-state index in [4.69, 9.17) is 34.8 Å². The second-order valence-electron chi connectivity index (χ2n) is 10.6. The molecule has 3 aromatic carbocycles. The van der Waals surface area contributed by atoms with E-state index in [1.165, 1.54) is 17.0 Å². The van der Waals surface area contributed by atoms with Crippen molar-refractivity contribution >= 4 is 62.3 Å². The van der Waals surface area contributed by atoms with Crippen LogP contribution in [0.25, 0.3) is 0 Å². The summed E-state index contributed by atoms with van der Waals surface area (Å²) in [6.07, 6.45) is 3.83. The highest BCUT2D eigenvalue weighted by Gasteiger charge is 2.34. The van der Waals surface area contributed by atoms with Crippen LogP contribution < -0.4 is 9.62 Å². The van der Waals surface area contributed by atoms with Crippen molar-refractivity contribution in [3.8, 4) is 0 Å². The van der Waals surface area contributed by atoms with Gasteiger partial charge in [-0.15, -0.1) is 0 Å². The number of anilines is 1. The summed E-state index contributed by atoms with van der Waals surface area (Å²) in [6, 6.07) is 15.3. The molecule has 1 fully saturated rings. The molecule has 42 heavy (non-hydrogen) atoms. The molecule has 2 amide bonds. The molecule has 0 unspecified atom stereocenters. The molecule has 224 valence electrons. The minimum Gasteiger partial charge on any atom is -0.352 e. The Labute approximate surface area is 262 Å². The van der Waals surface area contributed by atoms with Gasteiger partial charge in [0.15, 0.2) is 0 Å². The first-order chi connectivity index (χ1) is 19.9. The number of benzene rings is 3. The summed E-state index contributed by atoms with van der Waals surface area (Å²) in [5.41, 5.74) is 2.23. The molecule has 0 aliphatic heterocycles. The quantitative estimate of drug-likeness (QED) is 0.258. The smallest absolute Gasteiger partial charge is 0.264 e. The van der Waals surface area contributed by atoms with Gasteiger partial charge in [-0.1, -0.05) is 77.5 Å². The highest BCUT2D eigenvalue weighted by molar-refractivity contribution is 7.92. The number of nitrogens with one attached hydrogen (secondary N) is 1. The van der Waals surface area contributed by atoms with E-state index in [0.717, 1.165) is 35.6 Å². The normalized spacial score (nSPS) is 14.4. The van der Waals surface area contributed by atoms with E-state index in [0.29, 0.717) is 26.2 Å². The molecule has 1 saturated carbocycles. The minimum absolute atomic E-state index is 0.0267. The Bertz CT molecular complexity index is 1560. The number of hydrogen-bond acceptors (Lipinski definition) is 4. The van der Waals surface area contributed by atoms with Crippen LogP contribution in [0.1, 0.15) is 49.3 Å². The molecule has 0 heterocycles. The van der Waals surface area contributed by atoms with Crippen molar-refractivity contribution in [2.75, 3.05) is 10.8 Å². The summed E-state index contributed by atoms with van der Waals surface area (Å²) in [5.74, 6) is -0.891. The van der Waals surface area contributed by atoms with Crippen molar-refractivity contribution in [3.05, 3.63) is 92.4 Å². The summed E-state index contributed by atoms with van der Waals surface area (Å²) in [6.45, 7) is 4.60. The van der Waals surface area contributed by atoms with Crippen molar-refractivity contribution in [1.82, 2.24) is 10.2 Å². The predicted molar refractivity (Wildman–Crippen MR) is 169 cm³/mol. The van der Waals surface area contributed by atoms with Crippen LogP contribution in [0.2, 0.25) is 15.1 Å². The third-order valence-electron chi connectivity index (χ3n) is 7.62. The molecule has 1 aliphatic rings. The van der Waals surface area contributed by atoms with E-state index >= 15 is 0 Å². The number of rotatable bonds is 10. The van der Waals surface area contributed by atoms with Gasteiger partial charge in [-0.25, -0.2) is 8.42 Å². The van der Waals surface area contributed by atoms with Gasteiger partial charge in [0.1, 0.15) is 12.6 Å². The summed E-state index contributed by atoms with van der Waals surface area (Å²) < 4.78 is 29.1. The number of aryl methyl sites for hydroxylation is 1. The van der Waals surface area contributed by atoms with Crippen molar-refractivity contribution in [2.45, 2.75) is 70.0 Å². The molecule has 4 rings (SSSR count). The maximum absolute atomic E-state index is 14.2. The zero-order valence-electron chi connectivity index (χ0n) is 23.7. The molecule has 0 saturated heterocycles. The van der Waals surface area contributed by atoms with Crippen LogP contribution in [0.3, 0.4) is 0 Å². The third kappa shape index (κ3) is 7.40. The second kappa shape index (κ2) is 13.7. The Morgan fingerprint density at radius 3 is 2.26 bits per heavy atom. The topological polar surface area (TPSA) is 86.8 Å². The van der Waals surface area contributed by atoms with Crippen LogP contribution in [-0.2, 0) is 26.2 Å². The Balaban J connectivity index is 1.74. The number of carbonyl (C=O) groups excluding carboxylic acids is 2. The minimum atomic E-state index is -4.21. The van der Waals surface area contributed by atoms with Gasteiger partial charge in [-0.3, -0.25) is 13.9 Å². The fourth-order valence-electron chi connectivity index (χ4n) is 5.03. The number of hydrogen-bond donors (Lipinski definition) is 1. The molecule has 0 bridgehead atoms. The number of nitrogens with zero attached hydrogens (tertiary/aromatic N) is 2. The number of halogens is 3. The largest absolute Gasteiger partial charge is 0.352 e. The van der Waals surface area contributed by atoms with Crippen LogP contribution in [0.15, 0.2) is 65.6 Å². The van der Waals surface area contributed by atoms with Crippen LogP contribution in [-0.4, -0.2) is 43.8 Å². The Hall–Kier alpha value is -2.78. The van der Waals surface area contributed by atoms with Gasteiger partial charge in [0.2, 0.25) is 11.8 Å². The Morgan fingerprint density at radius 1 is 0.952 bits per heavy atom. The van der Waals surface area contributed by atoms with Crippen LogP contribution in [0, 0.1) is 13.8 Å². The lowest BCUT2D eigenvalue weighted by Gasteiger charge is -2.33. The SMILES string of the molecule is Cc1ccc(S(=O)(=O)N(CC(=O)N(Cc2ccc(Cl)cc2Cl)[C@@H](C)C(=O)NC2CCCC2)c2cccc(Cl)c2C)cc1. The maximum Gasteiger partial charge on any atom is 0.264 e. The molecule has 0 aromatic heterocycles. The van der Waals surface area contributed by atoms with Crippen molar-refractivity contribution in [2.24, 2.45) is 0 Å². The molecule has 7 nitrogen and oxygen atoms in total. The van der Waals surface area contributed by atoms with Crippen LogP contribution in [0.4, 0.5) is 5.69 Å². The number of amides is 2. The number of carbonyl (C=O) groups is 2. The van der Waals surface area contributed by atoms with Gasteiger partial charge in [0, 0.05) is 27.7 Å². The highest BCUT2D eigenvalue weighted by atomic mass is 35.5. The summed E-state index contributed by atoms with van der Waals surface area (Å²) in [7, 11) is -4.21. The van der Waals surface area contributed by atoms with E-state index in [1.54, 1.807) is 62.4 Å². The van der Waals surface area contributed by atoms with Gasteiger partial charge in [0.25, 0.3) is 10.0 Å². The van der Waals surface area contributed by atoms with E-state index in [1.807, 2.05) is 6.92 Å². The Kier molecular flexibility index (Phi) is 10.5. The van der Waals surface area contributed by atoms with Gasteiger partial charge in [-0.2, -0.15) is 0 Å². The van der Waals surface area contributed by atoms with E-state index in [9.17, 15) is 18.0 Å². The van der Waals surface area contributed by atoms with Gasteiger partial charge in [0.05, 0.1) is 10.6 Å². The van der Waals surface area contributed by atoms with E-state index in [-0.39, 0.29) is 29.1 Å². The lowest BCUT2D eigenvalue weighted by atomic mass is 10.1. The molecule has 3 aromatic rings. The summed E-state index contributed by atoms with van der Waals surface area (Å²) in [4.78, 5) is 28.9. The predicted octanol–water partition coefficient (Wildman–Crippen LogP) is 6.94.